The molecule has 0 amide bonds. The van der Waals surface area contributed by atoms with Gasteiger partial charge in [-0.1, -0.05) is 115 Å². The lowest BCUT2D eigenvalue weighted by Crippen LogP contribution is -1.98. The molecule has 4 aromatic heterocycles. The van der Waals surface area contributed by atoms with Gasteiger partial charge in [0.25, 0.3) is 0 Å². The highest BCUT2D eigenvalue weighted by atomic mass is 32.1. The van der Waals surface area contributed by atoms with Gasteiger partial charge in [0.15, 0.2) is 11.5 Å². The van der Waals surface area contributed by atoms with Gasteiger partial charge in [-0.2, -0.15) is 9.97 Å². The minimum absolute atomic E-state index is 0.617. The lowest BCUT2D eigenvalue weighted by atomic mass is 10.0. The highest BCUT2D eigenvalue weighted by Crippen LogP contribution is 2.43. The van der Waals surface area contributed by atoms with Gasteiger partial charge in [0.2, 0.25) is 5.78 Å². The predicted octanol–water partition coefficient (Wildman–Crippen LogP) is 10.5. The highest BCUT2D eigenvalue weighted by molar-refractivity contribution is 7.27. The third kappa shape index (κ3) is 3.36. The van der Waals surface area contributed by atoms with Crippen LogP contribution >= 0.6 is 11.3 Å². The molecular weight excluding hydrogens is 557 g/mol. The van der Waals surface area contributed by atoms with Crippen molar-refractivity contribution in [1.29, 1.82) is 0 Å². The molecule has 0 aliphatic rings. The Labute approximate surface area is 255 Å². The van der Waals surface area contributed by atoms with Gasteiger partial charge in [-0.15, -0.1) is 11.3 Å². The summed E-state index contributed by atoms with van der Waals surface area (Å²) in [6.07, 6.45) is 0. The average molecular weight is 579 g/mol. The van der Waals surface area contributed by atoms with Gasteiger partial charge in [-0.3, -0.25) is 4.40 Å². The molecule has 204 valence electrons. The van der Waals surface area contributed by atoms with Crippen LogP contribution in [0, 0.1) is 0 Å². The van der Waals surface area contributed by atoms with Crippen molar-refractivity contribution in [3.63, 3.8) is 0 Å². The van der Waals surface area contributed by atoms with E-state index in [-0.39, 0.29) is 0 Å². The normalized spacial score (nSPS) is 12.1. The molecule has 5 heteroatoms. The SMILES string of the molecule is c1ccc(-c2nc3nc(n2)n2c4ccccc4c4ccc5c6cccc(c7cccc(c7)c7cccc3c7)c6sc5c42)cc1. The topological polar surface area (TPSA) is 43.1 Å². The first kappa shape index (κ1) is 23.9. The minimum Gasteiger partial charge on any atom is -0.276 e. The molecule has 0 unspecified atom stereocenters. The van der Waals surface area contributed by atoms with Crippen LogP contribution in [0.5, 0.6) is 0 Å². The summed E-state index contributed by atoms with van der Waals surface area (Å²) >= 11 is 1.86. The molecular formula is C39H22N4S. The molecule has 6 aromatic carbocycles. The predicted molar refractivity (Wildman–Crippen MR) is 185 cm³/mol. The van der Waals surface area contributed by atoms with E-state index in [0.29, 0.717) is 17.2 Å². The van der Waals surface area contributed by atoms with Crippen molar-refractivity contribution < 1.29 is 0 Å². The average Bonchev–Trinajstić information content (AvgIpc) is 3.64. The lowest BCUT2D eigenvalue weighted by molar-refractivity contribution is 1.10. The van der Waals surface area contributed by atoms with Crippen LogP contribution in [-0.4, -0.2) is 19.4 Å². The molecule has 0 saturated carbocycles. The minimum atomic E-state index is 0.617. The van der Waals surface area contributed by atoms with Crippen LogP contribution in [0.3, 0.4) is 0 Å². The summed E-state index contributed by atoms with van der Waals surface area (Å²) in [5, 5.41) is 10.6. The Morgan fingerprint density at radius 2 is 1.11 bits per heavy atom. The van der Waals surface area contributed by atoms with Crippen LogP contribution in [0.25, 0.3) is 91.7 Å². The molecule has 4 heterocycles. The van der Waals surface area contributed by atoms with Gasteiger partial charge >= 0.3 is 0 Å². The molecule has 4 nitrogen and oxygen atoms in total. The van der Waals surface area contributed by atoms with Gasteiger partial charge in [0.1, 0.15) is 0 Å². The quantitative estimate of drug-likeness (QED) is 0.195. The van der Waals surface area contributed by atoms with Crippen LogP contribution in [0.4, 0.5) is 0 Å². The standard InChI is InChI=1S/C39H22N4S/c1-2-9-23(10-3-1)37-40-38-27-14-7-12-25(22-27)24-11-6-13-26(21-24)28-16-8-17-31-32-20-19-30-29-15-4-5-18-33(29)43(39(41-37)42-38)34(30)36(32)44-35(28)31/h1-22H. The molecule has 0 fully saturated rings. The molecule has 10 rings (SSSR count). The molecule has 0 spiro atoms. The third-order valence-corrected chi connectivity index (χ3v) is 10.0. The molecule has 0 N–H and O–H groups in total. The van der Waals surface area contributed by atoms with E-state index in [4.69, 9.17) is 15.0 Å². The maximum absolute atomic E-state index is 5.22. The Morgan fingerprint density at radius 3 is 2.00 bits per heavy atom. The zero-order chi connectivity index (χ0) is 28.8. The number of benzene rings is 6. The van der Waals surface area contributed by atoms with E-state index in [2.05, 4.69) is 120 Å². The molecule has 8 bridgehead atoms. The summed E-state index contributed by atoms with van der Waals surface area (Å²) in [6.45, 7) is 0. The number of hydrogen-bond acceptors (Lipinski definition) is 4. The summed E-state index contributed by atoms with van der Waals surface area (Å²) in [6, 6.07) is 47.4. The Bertz CT molecular complexity index is 2830. The van der Waals surface area contributed by atoms with E-state index < -0.39 is 0 Å². The second-order valence-electron chi connectivity index (χ2n) is 11.3. The zero-order valence-electron chi connectivity index (χ0n) is 23.4. The van der Waals surface area contributed by atoms with Gasteiger partial charge < -0.3 is 0 Å². The second kappa shape index (κ2) is 8.93. The first-order valence-corrected chi connectivity index (χ1v) is 15.5. The maximum atomic E-state index is 5.22. The van der Waals surface area contributed by atoms with Crippen molar-refractivity contribution in [1.82, 2.24) is 19.4 Å². The van der Waals surface area contributed by atoms with Crippen LogP contribution in [0.15, 0.2) is 133 Å². The number of hydrogen-bond donors (Lipinski definition) is 0. The highest BCUT2D eigenvalue weighted by Gasteiger charge is 2.18. The first-order valence-electron chi connectivity index (χ1n) is 14.7. The van der Waals surface area contributed by atoms with E-state index in [1.54, 1.807) is 0 Å². The van der Waals surface area contributed by atoms with E-state index in [9.17, 15) is 0 Å². The summed E-state index contributed by atoms with van der Waals surface area (Å²) < 4.78 is 4.77. The van der Waals surface area contributed by atoms with Crippen molar-refractivity contribution in [3.05, 3.63) is 133 Å². The number of fused-ring (bicyclic) bond motifs is 14. The van der Waals surface area contributed by atoms with Crippen molar-refractivity contribution in [2.75, 3.05) is 0 Å². The largest absolute Gasteiger partial charge is 0.276 e. The zero-order valence-corrected chi connectivity index (χ0v) is 24.2. The van der Waals surface area contributed by atoms with Gasteiger partial charge in [0, 0.05) is 37.2 Å². The smallest absolute Gasteiger partial charge is 0.238 e. The van der Waals surface area contributed by atoms with Gasteiger partial charge in [-0.25, -0.2) is 4.98 Å². The van der Waals surface area contributed by atoms with Crippen molar-refractivity contribution in [2.24, 2.45) is 0 Å². The van der Waals surface area contributed by atoms with Crippen molar-refractivity contribution in [2.45, 2.75) is 0 Å². The Morgan fingerprint density at radius 1 is 0.455 bits per heavy atom. The second-order valence-corrected chi connectivity index (χ2v) is 12.3. The van der Waals surface area contributed by atoms with Crippen LogP contribution in [0.2, 0.25) is 0 Å². The Kier molecular flexibility index (Phi) is 4.84. The number of aromatic nitrogens is 4. The van der Waals surface area contributed by atoms with Crippen molar-refractivity contribution in [3.8, 4) is 11.4 Å². The summed E-state index contributed by atoms with van der Waals surface area (Å²) in [7, 11) is 0. The molecule has 0 saturated heterocycles. The fourth-order valence-electron chi connectivity index (χ4n) is 6.75. The summed E-state index contributed by atoms with van der Waals surface area (Å²) in [5.74, 6) is 1.27. The van der Waals surface area contributed by atoms with E-state index in [1.807, 2.05) is 29.5 Å². The summed E-state index contributed by atoms with van der Waals surface area (Å²) in [4.78, 5) is 15.5. The van der Waals surface area contributed by atoms with Crippen molar-refractivity contribution >= 4 is 91.7 Å². The summed E-state index contributed by atoms with van der Waals surface area (Å²) in [5.41, 5.74) is 3.81. The third-order valence-electron chi connectivity index (χ3n) is 8.78. The van der Waals surface area contributed by atoms with Gasteiger partial charge in [-0.05, 0) is 39.7 Å². The Balaban J connectivity index is 1.56. The number of rotatable bonds is 1. The maximum Gasteiger partial charge on any atom is 0.238 e. The lowest BCUT2D eigenvalue weighted by Gasteiger charge is -2.05. The molecule has 0 aliphatic carbocycles. The van der Waals surface area contributed by atoms with Crippen LogP contribution in [-0.2, 0) is 0 Å². The van der Waals surface area contributed by atoms with E-state index in [1.165, 1.54) is 41.7 Å². The molecule has 0 radical (unpaired) electrons. The van der Waals surface area contributed by atoms with E-state index in [0.717, 1.165) is 32.8 Å². The van der Waals surface area contributed by atoms with Gasteiger partial charge in [0.05, 0.1) is 15.7 Å². The van der Waals surface area contributed by atoms with Crippen LogP contribution in [0.1, 0.15) is 0 Å². The monoisotopic (exact) mass is 578 g/mol. The fraction of sp³-hybridized carbons (Fsp3) is 0. The Hall–Kier alpha value is -5.65. The first-order chi connectivity index (χ1) is 21.8. The molecule has 0 atom stereocenters. The molecule has 44 heavy (non-hydrogen) atoms. The fourth-order valence-corrected chi connectivity index (χ4v) is 8.13. The number of nitrogens with zero attached hydrogens (tertiary/aromatic N) is 4. The number of para-hydroxylation sites is 1. The number of thiophene rings is 1. The van der Waals surface area contributed by atoms with Crippen LogP contribution < -0.4 is 0 Å². The van der Waals surface area contributed by atoms with E-state index >= 15 is 0 Å². The molecule has 10 aromatic rings. The molecule has 0 aliphatic heterocycles.